The molecule has 0 aliphatic carbocycles. The summed E-state index contributed by atoms with van der Waals surface area (Å²) in [5, 5.41) is 4.06. The lowest BCUT2D eigenvalue weighted by atomic mass is 9.78. The molecule has 0 radical (unpaired) electrons. The average Bonchev–Trinajstić information content (AvgIpc) is 2.37. The summed E-state index contributed by atoms with van der Waals surface area (Å²) in [6.45, 7) is 9.69. The standard InChI is InChI=1S/C16H25ClFN/c1-5-10-19-15(16(3,4)6-2)11-12-13(17)8-7-9-14(12)18/h7-9,15,19H,5-6,10-11H2,1-4H3. The van der Waals surface area contributed by atoms with Crippen LogP contribution in [-0.4, -0.2) is 12.6 Å². The second-order valence-electron chi connectivity index (χ2n) is 5.75. The molecule has 1 unspecified atom stereocenters. The highest BCUT2D eigenvalue weighted by Crippen LogP contribution is 2.30. The molecular formula is C16H25ClFN. The molecule has 0 fully saturated rings. The van der Waals surface area contributed by atoms with Crippen LogP contribution in [0, 0.1) is 11.2 Å². The molecule has 0 amide bonds. The van der Waals surface area contributed by atoms with Gasteiger partial charge in [-0.25, -0.2) is 4.39 Å². The maximum atomic E-state index is 13.9. The first-order valence-corrected chi connectivity index (χ1v) is 7.46. The molecule has 0 heterocycles. The molecule has 0 aliphatic rings. The third kappa shape index (κ3) is 4.47. The third-order valence-electron chi connectivity index (χ3n) is 3.97. The Hall–Kier alpha value is -0.600. The van der Waals surface area contributed by atoms with E-state index in [0.29, 0.717) is 17.0 Å². The number of hydrogen-bond donors (Lipinski definition) is 1. The Morgan fingerprint density at radius 2 is 2.00 bits per heavy atom. The summed E-state index contributed by atoms with van der Waals surface area (Å²) in [6, 6.07) is 5.12. The van der Waals surface area contributed by atoms with E-state index in [1.165, 1.54) is 6.07 Å². The molecule has 0 aromatic heterocycles. The van der Waals surface area contributed by atoms with E-state index in [9.17, 15) is 4.39 Å². The maximum absolute atomic E-state index is 13.9. The molecule has 1 aromatic carbocycles. The van der Waals surface area contributed by atoms with Gasteiger partial charge in [0.05, 0.1) is 0 Å². The van der Waals surface area contributed by atoms with Gasteiger partial charge in [0.15, 0.2) is 0 Å². The largest absolute Gasteiger partial charge is 0.313 e. The van der Waals surface area contributed by atoms with E-state index in [1.807, 2.05) is 0 Å². The summed E-state index contributed by atoms with van der Waals surface area (Å²) in [4.78, 5) is 0. The SMILES string of the molecule is CCCNC(Cc1c(F)cccc1Cl)C(C)(C)CC. The molecule has 1 rings (SSSR count). The van der Waals surface area contributed by atoms with Gasteiger partial charge in [-0.15, -0.1) is 0 Å². The van der Waals surface area contributed by atoms with E-state index in [-0.39, 0.29) is 17.3 Å². The molecule has 0 saturated heterocycles. The quantitative estimate of drug-likeness (QED) is 0.757. The van der Waals surface area contributed by atoms with Crippen molar-refractivity contribution in [2.24, 2.45) is 5.41 Å². The summed E-state index contributed by atoms with van der Waals surface area (Å²) < 4.78 is 13.9. The zero-order chi connectivity index (χ0) is 14.5. The smallest absolute Gasteiger partial charge is 0.127 e. The van der Waals surface area contributed by atoms with Gasteiger partial charge in [-0.2, -0.15) is 0 Å². The number of halogens is 2. The highest BCUT2D eigenvalue weighted by molar-refractivity contribution is 6.31. The van der Waals surface area contributed by atoms with Gasteiger partial charge in [0.1, 0.15) is 5.82 Å². The maximum Gasteiger partial charge on any atom is 0.127 e. The Labute approximate surface area is 121 Å². The fourth-order valence-corrected chi connectivity index (χ4v) is 2.36. The van der Waals surface area contributed by atoms with Gasteiger partial charge in [-0.3, -0.25) is 0 Å². The molecule has 0 spiro atoms. The van der Waals surface area contributed by atoms with Gasteiger partial charge < -0.3 is 5.32 Å². The lowest BCUT2D eigenvalue weighted by Gasteiger charge is -2.35. The van der Waals surface area contributed by atoms with E-state index in [1.54, 1.807) is 12.1 Å². The van der Waals surface area contributed by atoms with Gasteiger partial charge in [0.25, 0.3) is 0 Å². The second kappa shape index (κ2) is 7.25. The number of nitrogens with one attached hydrogen (secondary N) is 1. The van der Waals surface area contributed by atoms with Gasteiger partial charge in [-0.05, 0) is 43.4 Å². The van der Waals surface area contributed by atoms with Crippen molar-refractivity contribution in [1.82, 2.24) is 5.32 Å². The van der Waals surface area contributed by atoms with Crippen LogP contribution in [0.1, 0.15) is 46.1 Å². The van der Waals surface area contributed by atoms with Gasteiger partial charge in [0.2, 0.25) is 0 Å². The number of benzene rings is 1. The minimum absolute atomic E-state index is 0.112. The second-order valence-corrected chi connectivity index (χ2v) is 6.16. The van der Waals surface area contributed by atoms with Crippen molar-refractivity contribution in [3.05, 3.63) is 34.6 Å². The third-order valence-corrected chi connectivity index (χ3v) is 4.32. The van der Waals surface area contributed by atoms with Crippen molar-refractivity contribution >= 4 is 11.6 Å². The van der Waals surface area contributed by atoms with Crippen molar-refractivity contribution in [2.75, 3.05) is 6.54 Å². The lowest BCUT2D eigenvalue weighted by molar-refractivity contribution is 0.229. The topological polar surface area (TPSA) is 12.0 Å². The van der Waals surface area contributed by atoms with Crippen LogP contribution in [0.3, 0.4) is 0 Å². The molecule has 0 bridgehead atoms. The van der Waals surface area contributed by atoms with Gasteiger partial charge >= 0.3 is 0 Å². The van der Waals surface area contributed by atoms with Crippen molar-refractivity contribution < 1.29 is 4.39 Å². The molecule has 1 nitrogen and oxygen atoms in total. The van der Waals surface area contributed by atoms with Crippen molar-refractivity contribution in [1.29, 1.82) is 0 Å². The van der Waals surface area contributed by atoms with E-state index in [2.05, 4.69) is 33.0 Å². The lowest BCUT2D eigenvalue weighted by Crippen LogP contribution is -2.43. The predicted molar refractivity (Wildman–Crippen MR) is 81.3 cm³/mol. The fraction of sp³-hybridized carbons (Fsp3) is 0.625. The Bertz CT molecular complexity index is 383. The van der Waals surface area contributed by atoms with Gasteiger partial charge in [-0.1, -0.05) is 45.4 Å². The van der Waals surface area contributed by atoms with Crippen LogP contribution in [0.2, 0.25) is 5.02 Å². The molecule has 108 valence electrons. The molecule has 1 N–H and O–H groups in total. The van der Waals surface area contributed by atoms with E-state index >= 15 is 0 Å². The first-order chi connectivity index (χ1) is 8.92. The minimum Gasteiger partial charge on any atom is -0.313 e. The van der Waals surface area contributed by atoms with Crippen LogP contribution in [0.25, 0.3) is 0 Å². The average molecular weight is 286 g/mol. The van der Waals surface area contributed by atoms with Crippen LogP contribution in [-0.2, 0) is 6.42 Å². The zero-order valence-electron chi connectivity index (χ0n) is 12.4. The Morgan fingerprint density at radius 1 is 1.32 bits per heavy atom. The summed E-state index contributed by atoms with van der Waals surface area (Å²) in [7, 11) is 0. The van der Waals surface area contributed by atoms with Gasteiger partial charge in [0, 0.05) is 16.6 Å². The summed E-state index contributed by atoms with van der Waals surface area (Å²) in [5.41, 5.74) is 0.736. The summed E-state index contributed by atoms with van der Waals surface area (Å²) in [5.74, 6) is -0.206. The molecule has 3 heteroatoms. The molecule has 19 heavy (non-hydrogen) atoms. The highest BCUT2D eigenvalue weighted by Gasteiger charge is 2.28. The van der Waals surface area contributed by atoms with Crippen LogP contribution in [0.5, 0.6) is 0 Å². The van der Waals surface area contributed by atoms with Crippen LogP contribution in [0.15, 0.2) is 18.2 Å². The Balaban J connectivity index is 2.94. The molecule has 0 saturated carbocycles. The predicted octanol–water partition coefficient (Wildman–Crippen LogP) is 4.83. The van der Waals surface area contributed by atoms with Crippen molar-refractivity contribution in [2.45, 2.75) is 53.0 Å². The monoisotopic (exact) mass is 285 g/mol. The fourth-order valence-electron chi connectivity index (χ4n) is 2.12. The first-order valence-electron chi connectivity index (χ1n) is 7.08. The summed E-state index contributed by atoms with van der Waals surface area (Å²) in [6.07, 6.45) is 2.74. The number of hydrogen-bond acceptors (Lipinski definition) is 1. The zero-order valence-corrected chi connectivity index (χ0v) is 13.1. The van der Waals surface area contributed by atoms with Crippen LogP contribution in [0.4, 0.5) is 4.39 Å². The minimum atomic E-state index is -0.206. The van der Waals surface area contributed by atoms with Crippen LogP contribution < -0.4 is 5.32 Å². The van der Waals surface area contributed by atoms with Crippen LogP contribution >= 0.6 is 11.6 Å². The van der Waals surface area contributed by atoms with E-state index in [0.717, 1.165) is 19.4 Å². The highest BCUT2D eigenvalue weighted by atomic mass is 35.5. The van der Waals surface area contributed by atoms with E-state index in [4.69, 9.17) is 11.6 Å². The Morgan fingerprint density at radius 3 is 2.53 bits per heavy atom. The molecule has 1 atom stereocenters. The van der Waals surface area contributed by atoms with Crippen molar-refractivity contribution in [3.63, 3.8) is 0 Å². The molecule has 1 aromatic rings. The van der Waals surface area contributed by atoms with E-state index < -0.39 is 0 Å². The normalized spacial score (nSPS) is 13.6. The first kappa shape index (κ1) is 16.5. The molecule has 0 aliphatic heterocycles. The summed E-state index contributed by atoms with van der Waals surface area (Å²) >= 11 is 6.13. The number of rotatable bonds is 7. The van der Waals surface area contributed by atoms with Crippen molar-refractivity contribution in [3.8, 4) is 0 Å². The molecular weight excluding hydrogens is 261 g/mol. The Kier molecular flexibility index (Phi) is 6.28.